The molecule has 29 heavy (non-hydrogen) atoms. The molecule has 0 aromatic heterocycles. The number of ketones is 1. The number of carbonyl (C=O) groups is 3. The number of benzene rings is 1. The topological polar surface area (TPSA) is 69.7 Å². The standard InChI is InChI=1S/C22H24F2O5/c1-2-3-11-22(23,24)19(25)10-9-15-16-12-20(26)28-18(16)13-17(15)29-21(27)14-7-5-4-6-8-14/h4-10,15-18H,2-3,11-13H2,1H3/b10-9+/t15-,16?,17-,18+/m1/s1. The molecule has 7 heteroatoms. The van der Waals surface area contributed by atoms with Crippen molar-refractivity contribution in [2.45, 2.75) is 57.2 Å². The number of rotatable bonds is 8. The second-order valence-corrected chi connectivity index (χ2v) is 7.55. The molecule has 2 fully saturated rings. The Kier molecular flexibility index (Phi) is 6.45. The van der Waals surface area contributed by atoms with Gasteiger partial charge in [-0.15, -0.1) is 0 Å². The van der Waals surface area contributed by atoms with E-state index < -0.39 is 42.2 Å². The van der Waals surface area contributed by atoms with Crippen LogP contribution in [0.25, 0.3) is 0 Å². The SMILES string of the molecule is CCCCC(F)(F)C(=O)/C=C/[C@@H]1C2CC(=O)O[C@H]2C[C@H]1OC(=O)c1ccccc1. The van der Waals surface area contributed by atoms with E-state index in [9.17, 15) is 23.2 Å². The van der Waals surface area contributed by atoms with Crippen molar-refractivity contribution in [1.29, 1.82) is 0 Å². The molecule has 0 amide bonds. The third-order valence-electron chi connectivity index (χ3n) is 5.49. The molecule has 1 heterocycles. The maximum Gasteiger partial charge on any atom is 0.338 e. The number of allylic oxidation sites excluding steroid dienone is 1. The van der Waals surface area contributed by atoms with Gasteiger partial charge in [-0.2, -0.15) is 8.78 Å². The van der Waals surface area contributed by atoms with Gasteiger partial charge in [-0.05, 0) is 24.6 Å². The van der Waals surface area contributed by atoms with E-state index in [1.165, 1.54) is 6.08 Å². The normalized spacial score (nSPS) is 26.4. The Balaban J connectivity index is 1.74. The van der Waals surface area contributed by atoms with Crippen LogP contribution in [-0.2, 0) is 19.1 Å². The maximum atomic E-state index is 14.0. The molecular weight excluding hydrogens is 382 g/mol. The highest BCUT2D eigenvalue weighted by Gasteiger charge is 2.51. The third-order valence-corrected chi connectivity index (χ3v) is 5.49. The van der Waals surface area contributed by atoms with Gasteiger partial charge in [-0.1, -0.05) is 37.6 Å². The van der Waals surface area contributed by atoms with Crippen LogP contribution in [0.15, 0.2) is 42.5 Å². The van der Waals surface area contributed by atoms with E-state index in [0.717, 1.165) is 6.08 Å². The molecule has 1 saturated heterocycles. The highest BCUT2D eigenvalue weighted by Crippen LogP contribution is 2.43. The molecule has 1 aromatic rings. The van der Waals surface area contributed by atoms with Crippen molar-refractivity contribution in [3.8, 4) is 0 Å². The summed E-state index contributed by atoms with van der Waals surface area (Å²) in [5, 5.41) is 0. The van der Waals surface area contributed by atoms with Crippen LogP contribution in [0.5, 0.6) is 0 Å². The molecule has 1 saturated carbocycles. The van der Waals surface area contributed by atoms with Gasteiger partial charge in [0, 0.05) is 24.7 Å². The van der Waals surface area contributed by atoms with E-state index in [0.29, 0.717) is 12.0 Å². The second kappa shape index (κ2) is 8.84. The Hall–Kier alpha value is -2.57. The van der Waals surface area contributed by atoms with Crippen LogP contribution >= 0.6 is 0 Å². The lowest BCUT2D eigenvalue weighted by Crippen LogP contribution is -2.28. The van der Waals surface area contributed by atoms with Gasteiger partial charge in [0.2, 0.25) is 5.78 Å². The van der Waals surface area contributed by atoms with Gasteiger partial charge in [0.05, 0.1) is 12.0 Å². The average Bonchev–Trinajstić information content (AvgIpc) is 3.20. The van der Waals surface area contributed by atoms with E-state index in [1.807, 2.05) is 0 Å². The minimum absolute atomic E-state index is 0.111. The first kappa shape index (κ1) is 21.1. The van der Waals surface area contributed by atoms with Gasteiger partial charge in [0.15, 0.2) is 0 Å². The van der Waals surface area contributed by atoms with Crippen LogP contribution in [0.2, 0.25) is 0 Å². The maximum absolute atomic E-state index is 14.0. The molecule has 0 bridgehead atoms. The Morgan fingerprint density at radius 3 is 2.69 bits per heavy atom. The lowest BCUT2D eigenvalue weighted by Gasteiger charge is -2.20. The van der Waals surface area contributed by atoms with Crippen molar-refractivity contribution in [3.63, 3.8) is 0 Å². The minimum Gasteiger partial charge on any atom is -0.462 e. The number of hydrogen-bond acceptors (Lipinski definition) is 5. The van der Waals surface area contributed by atoms with Crippen LogP contribution in [0.1, 0.15) is 49.4 Å². The molecule has 5 nitrogen and oxygen atoms in total. The van der Waals surface area contributed by atoms with Crippen LogP contribution in [-0.4, -0.2) is 35.9 Å². The molecule has 1 aliphatic heterocycles. The zero-order valence-electron chi connectivity index (χ0n) is 16.2. The van der Waals surface area contributed by atoms with Crippen molar-refractivity contribution in [1.82, 2.24) is 0 Å². The molecule has 0 N–H and O–H groups in total. The first-order valence-corrected chi connectivity index (χ1v) is 9.87. The van der Waals surface area contributed by atoms with Crippen molar-refractivity contribution in [3.05, 3.63) is 48.0 Å². The fraction of sp³-hybridized carbons (Fsp3) is 0.500. The second-order valence-electron chi connectivity index (χ2n) is 7.55. The number of fused-ring (bicyclic) bond motifs is 1. The number of carbonyl (C=O) groups excluding carboxylic acids is 3. The summed E-state index contributed by atoms with van der Waals surface area (Å²) in [5.74, 6) is -6.45. The van der Waals surface area contributed by atoms with Gasteiger partial charge < -0.3 is 9.47 Å². The quantitative estimate of drug-likeness (QED) is 0.480. The monoisotopic (exact) mass is 406 g/mol. The van der Waals surface area contributed by atoms with Crippen LogP contribution < -0.4 is 0 Å². The minimum atomic E-state index is -3.43. The number of hydrogen-bond donors (Lipinski definition) is 0. The first-order chi connectivity index (χ1) is 13.8. The van der Waals surface area contributed by atoms with E-state index in [2.05, 4.69) is 0 Å². The van der Waals surface area contributed by atoms with E-state index in [4.69, 9.17) is 9.47 Å². The van der Waals surface area contributed by atoms with Crippen LogP contribution in [0.4, 0.5) is 8.78 Å². The van der Waals surface area contributed by atoms with Crippen molar-refractivity contribution in [2.24, 2.45) is 11.8 Å². The summed E-state index contributed by atoms with van der Waals surface area (Å²) >= 11 is 0. The van der Waals surface area contributed by atoms with E-state index in [-0.39, 0.29) is 31.1 Å². The van der Waals surface area contributed by atoms with Crippen LogP contribution in [0, 0.1) is 11.8 Å². The van der Waals surface area contributed by atoms with Gasteiger partial charge >= 0.3 is 17.9 Å². The van der Waals surface area contributed by atoms with Gasteiger partial charge in [-0.3, -0.25) is 9.59 Å². The summed E-state index contributed by atoms with van der Waals surface area (Å²) in [4.78, 5) is 36.0. The van der Waals surface area contributed by atoms with Gasteiger partial charge in [0.25, 0.3) is 0 Å². The summed E-state index contributed by atoms with van der Waals surface area (Å²) in [7, 11) is 0. The Labute approximate surface area is 168 Å². The summed E-state index contributed by atoms with van der Waals surface area (Å²) in [5.41, 5.74) is 0.367. The third kappa shape index (κ3) is 4.89. The van der Waals surface area contributed by atoms with Crippen molar-refractivity contribution >= 4 is 17.7 Å². The zero-order chi connectivity index (χ0) is 21.0. The summed E-state index contributed by atoms with van der Waals surface area (Å²) in [6, 6.07) is 8.40. The van der Waals surface area contributed by atoms with Gasteiger partial charge in [0.1, 0.15) is 12.2 Å². The largest absolute Gasteiger partial charge is 0.462 e. The predicted octanol–water partition coefficient (Wildman–Crippen LogP) is 4.11. The average molecular weight is 406 g/mol. The van der Waals surface area contributed by atoms with Crippen molar-refractivity contribution in [2.75, 3.05) is 0 Å². The van der Waals surface area contributed by atoms with Gasteiger partial charge in [-0.25, -0.2) is 4.79 Å². The molecule has 0 spiro atoms. The highest BCUT2D eigenvalue weighted by molar-refractivity contribution is 5.95. The Morgan fingerprint density at radius 2 is 2.00 bits per heavy atom. The lowest BCUT2D eigenvalue weighted by molar-refractivity contribution is -0.142. The summed E-state index contributed by atoms with van der Waals surface area (Å²) in [6.45, 7) is 1.78. The number of halogens is 2. The summed E-state index contributed by atoms with van der Waals surface area (Å²) in [6.07, 6.45) is 1.84. The molecule has 1 aromatic carbocycles. The molecule has 0 radical (unpaired) electrons. The van der Waals surface area contributed by atoms with E-state index in [1.54, 1.807) is 37.3 Å². The number of unbranched alkanes of at least 4 members (excludes halogenated alkanes) is 1. The fourth-order valence-electron chi connectivity index (χ4n) is 3.91. The smallest absolute Gasteiger partial charge is 0.338 e. The lowest BCUT2D eigenvalue weighted by atomic mass is 9.91. The van der Waals surface area contributed by atoms with Crippen molar-refractivity contribution < 1.29 is 32.6 Å². The Bertz CT molecular complexity index is 790. The Morgan fingerprint density at radius 1 is 1.28 bits per heavy atom. The fourth-order valence-corrected chi connectivity index (χ4v) is 3.91. The number of esters is 2. The summed E-state index contributed by atoms with van der Waals surface area (Å²) < 4.78 is 38.8. The molecular formula is C22H24F2O5. The number of alkyl halides is 2. The van der Waals surface area contributed by atoms with Crippen LogP contribution in [0.3, 0.4) is 0 Å². The predicted molar refractivity (Wildman–Crippen MR) is 100 cm³/mol. The zero-order valence-corrected chi connectivity index (χ0v) is 16.2. The number of ether oxygens (including phenoxy) is 2. The molecule has 156 valence electrons. The molecule has 1 aliphatic carbocycles. The first-order valence-electron chi connectivity index (χ1n) is 9.87. The molecule has 1 unspecified atom stereocenters. The molecule has 4 atom stereocenters. The molecule has 3 rings (SSSR count). The highest BCUT2D eigenvalue weighted by atomic mass is 19.3. The molecule has 2 aliphatic rings. The van der Waals surface area contributed by atoms with E-state index >= 15 is 0 Å².